The highest BCUT2D eigenvalue weighted by atomic mass is 32.2. The van der Waals surface area contributed by atoms with Crippen LogP contribution in [-0.4, -0.2) is 34.5 Å². The van der Waals surface area contributed by atoms with E-state index in [0.717, 1.165) is 0 Å². The molecule has 1 unspecified atom stereocenters. The molecule has 0 spiro atoms. The van der Waals surface area contributed by atoms with Crippen LogP contribution in [0.25, 0.3) is 5.65 Å². The number of fused-ring (bicyclic) bond motifs is 1. The number of pyridine rings is 1. The predicted molar refractivity (Wildman–Crippen MR) is 63.4 cm³/mol. The number of nitrogens with zero attached hydrogens (tertiary/aromatic N) is 3. The molecule has 17 heavy (non-hydrogen) atoms. The summed E-state index contributed by atoms with van der Waals surface area (Å²) in [6.45, 7) is 0. The zero-order valence-corrected chi connectivity index (χ0v) is 9.89. The quantitative estimate of drug-likeness (QED) is 0.783. The second-order valence-corrected chi connectivity index (χ2v) is 6.56. The molecule has 2 aromatic rings. The van der Waals surface area contributed by atoms with E-state index in [-0.39, 0.29) is 17.4 Å². The Bertz CT molecular complexity index is 677. The van der Waals surface area contributed by atoms with Crippen LogP contribution in [0, 0.1) is 0 Å². The maximum absolute atomic E-state index is 11.4. The third-order valence-corrected chi connectivity index (χ3v) is 4.74. The molecule has 6 nitrogen and oxygen atoms in total. The average molecular weight is 252 g/mol. The van der Waals surface area contributed by atoms with Gasteiger partial charge in [0, 0.05) is 5.92 Å². The first-order valence-corrected chi connectivity index (χ1v) is 7.18. The van der Waals surface area contributed by atoms with Crippen molar-refractivity contribution in [2.24, 2.45) is 0 Å². The van der Waals surface area contributed by atoms with Crippen molar-refractivity contribution in [2.75, 3.05) is 17.2 Å². The van der Waals surface area contributed by atoms with Crippen molar-refractivity contribution in [1.29, 1.82) is 0 Å². The third kappa shape index (κ3) is 1.86. The summed E-state index contributed by atoms with van der Waals surface area (Å²) in [5.41, 5.74) is 6.94. The van der Waals surface area contributed by atoms with Gasteiger partial charge in [0.05, 0.1) is 23.4 Å². The fraction of sp³-hybridized carbons (Fsp3) is 0.400. The number of hydrogen-bond acceptors (Lipinski definition) is 5. The topological polar surface area (TPSA) is 90.3 Å². The molecule has 1 aliphatic heterocycles. The van der Waals surface area contributed by atoms with Crippen molar-refractivity contribution in [2.45, 2.75) is 12.3 Å². The summed E-state index contributed by atoms with van der Waals surface area (Å²) in [6, 6.07) is 3.52. The highest BCUT2D eigenvalue weighted by Crippen LogP contribution is 2.26. The maximum Gasteiger partial charge on any atom is 0.155 e. The minimum absolute atomic E-state index is 0.0823. The van der Waals surface area contributed by atoms with E-state index in [2.05, 4.69) is 10.1 Å². The summed E-state index contributed by atoms with van der Waals surface area (Å²) >= 11 is 0. The first-order chi connectivity index (χ1) is 8.03. The Kier molecular flexibility index (Phi) is 2.12. The van der Waals surface area contributed by atoms with Crippen molar-refractivity contribution in [3.05, 3.63) is 24.2 Å². The summed E-state index contributed by atoms with van der Waals surface area (Å²) in [5.74, 6) is 0.896. The van der Waals surface area contributed by atoms with Gasteiger partial charge in [0.25, 0.3) is 0 Å². The van der Waals surface area contributed by atoms with Crippen LogP contribution < -0.4 is 5.73 Å². The number of sulfone groups is 1. The molecule has 2 N–H and O–H groups in total. The zero-order valence-electron chi connectivity index (χ0n) is 9.07. The van der Waals surface area contributed by atoms with Crippen LogP contribution in [0.2, 0.25) is 0 Å². The van der Waals surface area contributed by atoms with E-state index < -0.39 is 9.84 Å². The molecule has 0 bridgehead atoms. The molecular formula is C10H12N4O2S. The zero-order chi connectivity index (χ0) is 12.0. The van der Waals surface area contributed by atoms with E-state index >= 15 is 0 Å². The monoisotopic (exact) mass is 252 g/mol. The van der Waals surface area contributed by atoms with E-state index in [1.54, 1.807) is 22.8 Å². The Morgan fingerprint density at radius 1 is 1.41 bits per heavy atom. The number of aromatic nitrogens is 3. The molecule has 3 rings (SSSR count). The number of nitrogen functional groups attached to an aromatic ring is 1. The molecular weight excluding hydrogens is 240 g/mol. The summed E-state index contributed by atoms with van der Waals surface area (Å²) in [4.78, 5) is 4.33. The molecule has 1 aliphatic rings. The van der Waals surface area contributed by atoms with Gasteiger partial charge in [0.2, 0.25) is 0 Å². The Morgan fingerprint density at radius 2 is 2.24 bits per heavy atom. The minimum atomic E-state index is -2.90. The van der Waals surface area contributed by atoms with Crippen LogP contribution in [-0.2, 0) is 9.84 Å². The van der Waals surface area contributed by atoms with Crippen molar-refractivity contribution < 1.29 is 8.42 Å². The molecule has 90 valence electrons. The van der Waals surface area contributed by atoms with E-state index in [9.17, 15) is 8.42 Å². The maximum atomic E-state index is 11.4. The Labute approximate surface area is 98.4 Å². The number of hydrogen-bond donors (Lipinski definition) is 1. The van der Waals surface area contributed by atoms with E-state index in [1.165, 1.54) is 0 Å². The molecule has 0 aromatic carbocycles. The summed E-state index contributed by atoms with van der Waals surface area (Å²) in [7, 11) is -2.90. The number of nitrogens with two attached hydrogens (primary N) is 1. The lowest BCUT2D eigenvalue weighted by molar-refractivity contribution is 0.601. The average Bonchev–Trinajstić information content (AvgIpc) is 2.80. The lowest BCUT2D eigenvalue weighted by atomic mass is 10.1. The Morgan fingerprint density at radius 3 is 2.94 bits per heavy atom. The second-order valence-electron chi connectivity index (χ2n) is 4.34. The van der Waals surface area contributed by atoms with Gasteiger partial charge in [0.15, 0.2) is 21.3 Å². The predicted octanol–water partition coefficient (Wildman–Crippen LogP) is 0.214. The number of rotatable bonds is 1. The molecule has 1 atom stereocenters. The molecule has 0 amide bonds. The fourth-order valence-electron chi connectivity index (χ4n) is 2.09. The van der Waals surface area contributed by atoms with Crippen LogP contribution in [0.5, 0.6) is 0 Å². The van der Waals surface area contributed by atoms with Crippen molar-refractivity contribution in [3.63, 3.8) is 0 Å². The SMILES string of the molecule is Nc1ccc2nc(C3CCS(=O)(=O)C3)nn2c1. The van der Waals surface area contributed by atoms with Gasteiger partial charge in [-0.15, -0.1) is 0 Å². The Hall–Kier alpha value is -1.63. The minimum Gasteiger partial charge on any atom is -0.397 e. The second kappa shape index (κ2) is 3.43. The van der Waals surface area contributed by atoms with Gasteiger partial charge in [-0.1, -0.05) is 0 Å². The van der Waals surface area contributed by atoms with E-state index in [0.29, 0.717) is 23.6 Å². The third-order valence-electron chi connectivity index (χ3n) is 2.97. The first kappa shape index (κ1) is 10.5. The van der Waals surface area contributed by atoms with Crippen LogP contribution in [0.3, 0.4) is 0 Å². The molecule has 2 aromatic heterocycles. The van der Waals surface area contributed by atoms with Crippen LogP contribution in [0.15, 0.2) is 18.3 Å². The normalized spacial score (nSPS) is 23.2. The molecule has 7 heteroatoms. The van der Waals surface area contributed by atoms with Gasteiger partial charge in [0.1, 0.15) is 0 Å². The van der Waals surface area contributed by atoms with Crippen LogP contribution in [0.4, 0.5) is 5.69 Å². The smallest absolute Gasteiger partial charge is 0.155 e. The lowest BCUT2D eigenvalue weighted by Gasteiger charge is -1.98. The van der Waals surface area contributed by atoms with E-state index in [4.69, 9.17) is 5.73 Å². The highest BCUT2D eigenvalue weighted by molar-refractivity contribution is 7.91. The molecule has 3 heterocycles. The van der Waals surface area contributed by atoms with Crippen molar-refractivity contribution in [1.82, 2.24) is 14.6 Å². The first-order valence-electron chi connectivity index (χ1n) is 5.36. The van der Waals surface area contributed by atoms with Gasteiger partial charge in [-0.2, -0.15) is 5.10 Å². The summed E-state index contributed by atoms with van der Waals surface area (Å²) in [5, 5.41) is 4.28. The van der Waals surface area contributed by atoms with Gasteiger partial charge in [-0.3, -0.25) is 0 Å². The van der Waals surface area contributed by atoms with Gasteiger partial charge >= 0.3 is 0 Å². The Balaban J connectivity index is 2.02. The number of anilines is 1. The van der Waals surface area contributed by atoms with Gasteiger partial charge in [-0.05, 0) is 18.6 Å². The van der Waals surface area contributed by atoms with Gasteiger partial charge in [-0.25, -0.2) is 17.9 Å². The lowest BCUT2D eigenvalue weighted by Crippen LogP contribution is -2.05. The fourth-order valence-corrected chi connectivity index (χ4v) is 3.83. The van der Waals surface area contributed by atoms with Crippen LogP contribution >= 0.6 is 0 Å². The standard InChI is InChI=1S/C10H12N4O2S/c11-8-1-2-9-12-10(13-14(9)5-8)7-3-4-17(15,16)6-7/h1-2,5,7H,3-4,6,11H2. The van der Waals surface area contributed by atoms with Crippen molar-refractivity contribution in [3.8, 4) is 0 Å². The molecule has 1 saturated heterocycles. The molecule has 1 fully saturated rings. The van der Waals surface area contributed by atoms with E-state index in [1.807, 2.05) is 0 Å². The van der Waals surface area contributed by atoms with Crippen molar-refractivity contribution >= 4 is 21.2 Å². The molecule has 0 saturated carbocycles. The molecule has 0 aliphatic carbocycles. The van der Waals surface area contributed by atoms with Gasteiger partial charge < -0.3 is 5.73 Å². The molecule has 0 radical (unpaired) electrons. The largest absolute Gasteiger partial charge is 0.397 e. The summed E-state index contributed by atoms with van der Waals surface area (Å²) < 4.78 is 24.4. The highest BCUT2D eigenvalue weighted by Gasteiger charge is 2.31. The van der Waals surface area contributed by atoms with Crippen LogP contribution in [0.1, 0.15) is 18.2 Å². The summed E-state index contributed by atoms with van der Waals surface area (Å²) in [6.07, 6.45) is 2.28.